The first-order valence-electron chi connectivity index (χ1n) is 3.14. The Morgan fingerprint density at radius 2 is 2.20 bits per heavy atom. The minimum Gasteiger partial charge on any atom is -0.280 e. The quantitative estimate of drug-likeness (QED) is 0.877. The van der Waals surface area contributed by atoms with E-state index in [0.717, 1.165) is 27.6 Å². The molecule has 0 aliphatic rings. The number of rotatable bonds is 2. The van der Waals surface area contributed by atoms with E-state index in [4.69, 9.17) is 0 Å². The van der Waals surface area contributed by atoms with Crippen LogP contribution < -0.4 is 0 Å². The number of aromatic nitrogens is 2. The van der Waals surface area contributed by atoms with E-state index in [1.807, 2.05) is 0 Å². The molecule has 0 bridgehead atoms. The lowest BCUT2D eigenvalue weighted by Crippen LogP contribution is -1.82. The molecule has 1 N–H and O–H groups in total. The summed E-state index contributed by atoms with van der Waals surface area (Å²) in [5, 5.41) is 6.91. The van der Waals surface area contributed by atoms with Crippen molar-refractivity contribution in [1.82, 2.24) is 10.2 Å². The highest BCUT2D eigenvalue weighted by Crippen LogP contribution is 2.24. The summed E-state index contributed by atoms with van der Waals surface area (Å²) >= 11 is 6.71. The van der Waals surface area contributed by atoms with Crippen molar-refractivity contribution in [2.45, 2.75) is 19.8 Å². The van der Waals surface area contributed by atoms with Crippen LogP contribution in [0.3, 0.4) is 0 Å². The minimum atomic E-state index is 0.857. The van der Waals surface area contributed by atoms with Crippen molar-refractivity contribution in [2.24, 2.45) is 0 Å². The second-order valence-electron chi connectivity index (χ2n) is 2.06. The van der Waals surface area contributed by atoms with Crippen molar-refractivity contribution >= 4 is 31.9 Å². The zero-order valence-corrected chi connectivity index (χ0v) is 8.79. The van der Waals surface area contributed by atoms with E-state index in [-0.39, 0.29) is 0 Å². The Kier molecular flexibility index (Phi) is 2.92. The maximum absolute atomic E-state index is 3.98. The highest BCUT2D eigenvalue weighted by Gasteiger charge is 2.05. The second-order valence-corrected chi connectivity index (χ2v) is 3.60. The monoisotopic (exact) mass is 266 g/mol. The van der Waals surface area contributed by atoms with Gasteiger partial charge in [0.2, 0.25) is 0 Å². The van der Waals surface area contributed by atoms with Crippen molar-refractivity contribution in [2.75, 3.05) is 0 Å². The lowest BCUT2D eigenvalue weighted by Gasteiger charge is -1.91. The van der Waals surface area contributed by atoms with Gasteiger partial charge in [-0.15, -0.1) is 0 Å². The summed E-state index contributed by atoms with van der Waals surface area (Å²) in [7, 11) is 0. The predicted octanol–water partition coefficient (Wildman–Crippen LogP) is 2.89. The molecular weight excluding hydrogens is 260 g/mol. The summed E-state index contributed by atoms with van der Waals surface area (Å²) < 4.78 is 1.91. The van der Waals surface area contributed by atoms with Crippen LogP contribution >= 0.6 is 31.9 Å². The van der Waals surface area contributed by atoms with E-state index in [0.29, 0.717) is 0 Å². The Hall–Kier alpha value is 0.170. The molecule has 0 spiro atoms. The summed E-state index contributed by atoms with van der Waals surface area (Å²) in [6, 6.07) is 0. The molecule has 0 atom stereocenters. The van der Waals surface area contributed by atoms with Crippen molar-refractivity contribution < 1.29 is 0 Å². The van der Waals surface area contributed by atoms with E-state index in [9.17, 15) is 0 Å². The van der Waals surface area contributed by atoms with Gasteiger partial charge in [0.15, 0.2) is 0 Å². The molecule has 4 heteroatoms. The average Bonchev–Trinajstić information content (AvgIpc) is 2.20. The fourth-order valence-electron chi connectivity index (χ4n) is 0.755. The molecule has 1 heterocycles. The van der Waals surface area contributed by atoms with Gasteiger partial charge in [-0.3, -0.25) is 5.10 Å². The third-order valence-electron chi connectivity index (χ3n) is 1.24. The standard InChI is InChI=1S/C6H8Br2N2/c1-2-3-4-5(7)6(8)10-9-4/h2-3H2,1H3,(H,9,10). The third kappa shape index (κ3) is 1.61. The van der Waals surface area contributed by atoms with E-state index < -0.39 is 0 Å². The Morgan fingerprint density at radius 1 is 1.50 bits per heavy atom. The number of nitrogens with zero attached hydrogens (tertiary/aromatic N) is 1. The second kappa shape index (κ2) is 3.53. The van der Waals surface area contributed by atoms with E-state index in [1.54, 1.807) is 0 Å². The SMILES string of the molecule is CCCc1[nH]nc(Br)c1Br. The maximum Gasteiger partial charge on any atom is 0.142 e. The van der Waals surface area contributed by atoms with Crippen LogP contribution in [-0.4, -0.2) is 10.2 Å². The van der Waals surface area contributed by atoms with Gasteiger partial charge in [0.25, 0.3) is 0 Å². The molecule has 0 amide bonds. The van der Waals surface area contributed by atoms with Crippen molar-refractivity contribution in [3.63, 3.8) is 0 Å². The van der Waals surface area contributed by atoms with Gasteiger partial charge in [0.05, 0.1) is 10.2 Å². The van der Waals surface area contributed by atoms with Gasteiger partial charge >= 0.3 is 0 Å². The molecule has 0 radical (unpaired) electrons. The van der Waals surface area contributed by atoms with Gasteiger partial charge in [-0.1, -0.05) is 13.3 Å². The van der Waals surface area contributed by atoms with Crippen LogP contribution in [0.5, 0.6) is 0 Å². The molecular formula is C6H8Br2N2. The molecule has 0 unspecified atom stereocenters. The van der Waals surface area contributed by atoms with Crippen LogP contribution in [-0.2, 0) is 6.42 Å². The largest absolute Gasteiger partial charge is 0.280 e. The number of nitrogens with one attached hydrogen (secondary N) is 1. The van der Waals surface area contributed by atoms with Gasteiger partial charge in [-0.25, -0.2) is 0 Å². The molecule has 0 aromatic carbocycles. The van der Waals surface area contributed by atoms with E-state index in [2.05, 4.69) is 49.0 Å². The molecule has 0 fully saturated rings. The lowest BCUT2D eigenvalue weighted by atomic mass is 10.3. The summed E-state index contributed by atoms with van der Waals surface area (Å²) in [5.41, 5.74) is 1.16. The van der Waals surface area contributed by atoms with E-state index in [1.165, 1.54) is 0 Å². The highest BCUT2D eigenvalue weighted by molar-refractivity contribution is 9.13. The first kappa shape index (κ1) is 8.27. The number of halogens is 2. The van der Waals surface area contributed by atoms with Crippen LogP contribution in [0, 0.1) is 0 Å². The number of hydrogen-bond acceptors (Lipinski definition) is 1. The van der Waals surface area contributed by atoms with Gasteiger partial charge in [-0.05, 0) is 38.3 Å². The Morgan fingerprint density at radius 3 is 2.60 bits per heavy atom. The number of H-pyrrole nitrogens is 1. The van der Waals surface area contributed by atoms with Crippen molar-refractivity contribution in [1.29, 1.82) is 0 Å². The topological polar surface area (TPSA) is 28.7 Å². The molecule has 10 heavy (non-hydrogen) atoms. The van der Waals surface area contributed by atoms with Gasteiger partial charge < -0.3 is 0 Å². The Labute approximate surface area is 76.7 Å². The number of aryl methyl sites for hydroxylation is 1. The molecule has 1 rings (SSSR count). The number of aromatic amines is 1. The van der Waals surface area contributed by atoms with Crippen LogP contribution in [0.1, 0.15) is 19.0 Å². The van der Waals surface area contributed by atoms with Crippen molar-refractivity contribution in [3.05, 3.63) is 14.8 Å². The smallest absolute Gasteiger partial charge is 0.142 e. The predicted molar refractivity (Wildman–Crippen MR) is 48.0 cm³/mol. The molecule has 0 aliphatic carbocycles. The molecule has 0 saturated carbocycles. The third-order valence-corrected chi connectivity index (χ3v) is 3.20. The van der Waals surface area contributed by atoms with Gasteiger partial charge in [-0.2, -0.15) is 5.10 Å². The Balaban J connectivity index is 2.83. The summed E-state index contributed by atoms with van der Waals surface area (Å²) in [4.78, 5) is 0. The van der Waals surface area contributed by atoms with Crippen LogP contribution in [0.2, 0.25) is 0 Å². The first-order chi connectivity index (χ1) is 4.75. The van der Waals surface area contributed by atoms with Crippen LogP contribution in [0.25, 0.3) is 0 Å². The maximum atomic E-state index is 3.98. The lowest BCUT2D eigenvalue weighted by molar-refractivity contribution is 0.863. The van der Waals surface area contributed by atoms with Crippen LogP contribution in [0.15, 0.2) is 9.08 Å². The molecule has 0 saturated heterocycles. The molecule has 56 valence electrons. The van der Waals surface area contributed by atoms with E-state index >= 15 is 0 Å². The average molecular weight is 268 g/mol. The molecule has 2 nitrogen and oxygen atoms in total. The highest BCUT2D eigenvalue weighted by atomic mass is 79.9. The first-order valence-corrected chi connectivity index (χ1v) is 4.72. The fourth-order valence-corrected chi connectivity index (χ4v) is 1.46. The Bertz CT molecular complexity index is 220. The van der Waals surface area contributed by atoms with Gasteiger partial charge in [0.1, 0.15) is 4.60 Å². The number of hydrogen-bond donors (Lipinski definition) is 1. The zero-order chi connectivity index (χ0) is 7.56. The fraction of sp³-hybridized carbons (Fsp3) is 0.500. The van der Waals surface area contributed by atoms with Gasteiger partial charge in [0, 0.05) is 0 Å². The minimum absolute atomic E-state index is 0.857. The zero-order valence-electron chi connectivity index (χ0n) is 5.62. The van der Waals surface area contributed by atoms with Crippen LogP contribution in [0.4, 0.5) is 0 Å². The summed E-state index contributed by atoms with van der Waals surface area (Å²) in [6.45, 7) is 2.14. The summed E-state index contributed by atoms with van der Waals surface area (Å²) in [5.74, 6) is 0. The summed E-state index contributed by atoms with van der Waals surface area (Å²) in [6.07, 6.45) is 2.17. The normalized spacial score (nSPS) is 10.3. The molecule has 1 aromatic rings. The molecule has 0 aliphatic heterocycles. The molecule has 1 aromatic heterocycles. The van der Waals surface area contributed by atoms with Crippen molar-refractivity contribution in [3.8, 4) is 0 Å².